The van der Waals surface area contributed by atoms with Gasteiger partial charge in [0, 0.05) is 30.6 Å². The Balaban J connectivity index is 1.67. The highest BCUT2D eigenvalue weighted by molar-refractivity contribution is 5.89. The number of aryl methyl sites for hydroxylation is 1. The summed E-state index contributed by atoms with van der Waals surface area (Å²) in [6.45, 7) is 6.28. The van der Waals surface area contributed by atoms with Crippen LogP contribution in [0.25, 0.3) is 11.3 Å². The highest BCUT2D eigenvalue weighted by Crippen LogP contribution is 2.21. The first-order chi connectivity index (χ1) is 12.9. The smallest absolute Gasteiger partial charge is 0.321 e. The van der Waals surface area contributed by atoms with Gasteiger partial charge in [-0.3, -0.25) is 0 Å². The number of benzene rings is 1. The predicted molar refractivity (Wildman–Crippen MR) is 103 cm³/mol. The molecule has 0 fully saturated rings. The van der Waals surface area contributed by atoms with E-state index in [0.29, 0.717) is 23.8 Å². The summed E-state index contributed by atoms with van der Waals surface area (Å²) in [4.78, 5) is 22.6. The van der Waals surface area contributed by atoms with Crippen LogP contribution in [-0.4, -0.2) is 33.1 Å². The molecule has 7 nitrogen and oxygen atoms in total. The third-order valence-electron chi connectivity index (χ3n) is 4.09. The van der Waals surface area contributed by atoms with Crippen molar-refractivity contribution in [2.75, 3.05) is 12.4 Å². The third-order valence-corrected chi connectivity index (χ3v) is 4.09. The molecule has 1 aromatic carbocycles. The van der Waals surface area contributed by atoms with Crippen molar-refractivity contribution in [2.45, 2.75) is 33.2 Å². The largest absolute Gasteiger partial charge is 0.359 e. The first-order valence-electron chi connectivity index (χ1n) is 8.80. The maximum atomic E-state index is 12.5. The van der Waals surface area contributed by atoms with Gasteiger partial charge in [0.1, 0.15) is 5.82 Å². The lowest BCUT2D eigenvalue weighted by molar-refractivity contribution is 0.214. The maximum Gasteiger partial charge on any atom is 0.321 e. The third kappa shape index (κ3) is 4.69. The zero-order valence-electron chi connectivity index (χ0n) is 15.9. The molecular weight excluding hydrogens is 342 g/mol. The summed E-state index contributed by atoms with van der Waals surface area (Å²) in [5, 5.41) is 6.92. The van der Waals surface area contributed by atoms with Crippen molar-refractivity contribution < 1.29 is 9.32 Å². The lowest BCUT2D eigenvalue weighted by atomic mass is 10.1. The zero-order valence-corrected chi connectivity index (χ0v) is 15.9. The van der Waals surface area contributed by atoms with Gasteiger partial charge in [-0.05, 0) is 31.0 Å². The van der Waals surface area contributed by atoms with Crippen LogP contribution in [0, 0.1) is 6.92 Å². The van der Waals surface area contributed by atoms with Crippen LogP contribution in [-0.2, 0) is 6.54 Å². The molecule has 27 heavy (non-hydrogen) atoms. The van der Waals surface area contributed by atoms with Crippen LogP contribution < -0.4 is 5.32 Å². The number of carbonyl (C=O) groups is 1. The molecule has 140 valence electrons. The molecule has 0 unspecified atom stereocenters. The molecule has 2 aromatic heterocycles. The summed E-state index contributed by atoms with van der Waals surface area (Å²) in [6.07, 6.45) is 1.72. The molecule has 3 rings (SSSR count). The summed E-state index contributed by atoms with van der Waals surface area (Å²) < 4.78 is 5.30. The molecule has 7 heteroatoms. The number of hydrogen-bond donors (Lipinski definition) is 1. The SMILES string of the molecule is Cc1nccc(-c2cccc(NC(=O)N(C)Cc3cc(C(C)C)no3)c2)n1. The van der Waals surface area contributed by atoms with Gasteiger partial charge in [-0.25, -0.2) is 14.8 Å². The number of aromatic nitrogens is 3. The number of nitrogens with zero attached hydrogens (tertiary/aromatic N) is 4. The van der Waals surface area contributed by atoms with Crippen LogP contribution in [0.3, 0.4) is 0 Å². The van der Waals surface area contributed by atoms with Gasteiger partial charge >= 0.3 is 6.03 Å². The second kappa shape index (κ2) is 7.99. The van der Waals surface area contributed by atoms with Gasteiger partial charge in [-0.1, -0.05) is 31.1 Å². The van der Waals surface area contributed by atoms with Gasteiger partial charge in [0.15, 0.2) is 5.76 Å². The summed E-state index contributed by atoms with van der Waals surface area (Å²) in [6, 6.07) is 11.1. The highest BCUT2D eigenvalue weighted by Gasteiger charge is 2.14. The van der Waals surface area contributed by atoms with E-state index >= 15 is 0 Å². The molecule has 0 bridgehead atoms. The molecule has 2 heterocycles. The minimum Gasteiger partial charge on any atom is -0.359 e. The van der Waals surface area contributed by atoms with E-state index in [1.54, 1.807) is 18.1 Å². The van der Waals surface area contributed by atoms with Crippen LogP contribution in [0.2, 0.25) is 0 Å². The maximum absolute atomic E-state index is 12.5. The molecule has 0 aliphatic carbocycles. The number of hydrogen-bond acceptors (Lipinski definition) is 5. The van der Waals surface area contributed by atoms with E-state index in [9.17, 15) is 4.79 Å². The quantitative estimate of drug-likeness (QED) is 0.731. The fourth-order valence-electron chi connectivity index (χ4n) is 2.57. The van der Waals surface area contributed by atoms with Crippen LogP contribution in [0.15, 0.2) is 47.1 Å². The Morgan fingerprint density at radius 3 is 2.78 bits per heavy atom. The minimum absolute atomic E-state index is 0.228. The minimum atomic E-state index is -0.228. The van der Waals surface area contributed by atoms with E-state index in [0.717, 1.165) is 17.0 Å². The van der Waals surface area contributed by atoms with Gasteiger partial charge in [0.25, 0.3) is 0 Å². The van der Waals surface area contributed by atoms with Gasteiger partial charge < -0.3 is 14.7 Å². The standard InChI is InChI=1S/C20H23N5O2/c1-13(2)19-11-17(27-24-19)12-25(4)20(26)23-16-7-5-6-15(10-16)18-8-9-21-14(3)22-18/h5-11,13H,12H2,1-4H3,(H,23,26). The number of anilines is 1. The molecule has 1 N–H and O–H groups in total. The van der Waals surface area contributed by atoms with E-state index in [4.69, 9.17) is 4.52 Å². The Morgan fingerprint density at radius 1 is 1.26 bits per heavy atom. The average molecular weight is 365 g/mol. The van der Waals surface area contributed by atoms with Gasteiger partial charge in [-0.2, -0.15) is 0 Å². The zero-order chi connectivity index (χ0) is 19.4. The Bertz CT molecular complexity index is 935. The summed E-state index contributed by atoms with van der Waals surface area (Å²) in [5.74, 6) is 1.64. The number of nitrogens with one attached hydrogen (secondary N) is 1. The molecule has 0 aliphatic heterocycles. The number of carbonyl (C=O) groups excluding carboxylic acids is 1. The van der Waals surface area contributed by atoms with Crippen molar-refractivity contribution in [3.8, 4) is 11.3 Å². The molecule has 0 saturated carbocycles. The van der Waals surface area contributed by atoms with Crippen LogP contribution in [0.1, 0.15) is 37.0 Å². The monoisotopic (exact) mass is 365 g/mol. The summed E-state index contributed by atoms with van der Waals surface area (Å²) in [7, 11) is 1.71. The van der Waals surface area contributed by atoms with Crippen LogP contribution >= 0.6 is 0 Å². The summed E-state index contributed by atoms with van der Waals surface area (Å²) in [5.41, 5.74) is 3.31. The fraction of sp³-hybridized carbons (Fsp3) is 0.300. The van der Waals surface area contributed by atoms with Crippen molar-refractivity contribution in [2.24, 2.45) is 0 Å². The lowest BCUT2D eigenvalue weighted by Crippen LogP contribution is -2.30. The highest BCUT2D eigenvalue weighted by atomic mass is 16.5. The Kier molecular flexibility index (Phi) is 5.49. The molecule has 0 spiro atoms. The van der Waals surface area contributed by atoms with E-state index in [2.05, 4.69) is 20.4 Å². The Labute approximate surface area is 158 Å². The summed E-state index contributed by atoms with van der Waals surface area (Å²) >= 11 is 0. The normalized spacial score (nSPS) is 10.9. The van der Waals surface area contributed by atoms with E-state index in [1.807, 2.05) is 57.2 Å². The Hall–Kier alpha value is -3.22. The first kappa shape index (κ1) is 18.6. The van der Waals surface area contributed by atoms with Crippen LogP contribution in [0.4, 0.5) is 10.5 Å². The second-order valence-corrected chi connectivity index (χ2v) is 6.73. The van der Waals surface area contributed by atoms with Gasteiger partial charge in [0.2, 0.25) is 0 Å². The topological polar surface area (TPSA) is 84.2 Å². The van der Waals surface area contributed by atoms with Crippen LogP contribution in [0.5, 0.6) is 0 Å². The molecule has 2 amide bonds. The predicted octanol–water partition coefficient (Wildman–Crippen LogP) is 4.23. The second-order valence-electron chi connectivity index (χ2n) is 6.73. The average Bonchev–Trinajstić information content (AvgIpc) is 3.11. The first-order valence-corrected chi connectivity index (χ1v) is 8.80. The number of amides is 2. The number of rotatable bonds is 5. The fourth-order valence-corrected chi connectivity index (χ4v) is 2.57. The van der Waals surface area contributed by atoms with Crippen molar-refractivity contribution in [1.29, 1.82) is 0 Å². The molecule has 3 aromatic rings. The van der Waals surface area contributed by atoms with Crippen molar-refractivity contribution in [1.82, 2.24) is 20.0 Å². The molecule has 0 saturated heterocycles. The number of urea groups is 1. The van der Waals surface area contributed by atoms with Gasteiger partial charge in [0.05, 0.1) is 17.9 Å². The Morgan fingerprint density at radius 2 is 2.07 bits per heavy atom. The molecule has 0 atom stereocenters. The lowest BCUT2D eigenvalue weighted by Gasteiger charge is -2.16. The van der Waals surface area contributed by atoms with E-state index in [1.165, 1.54) is 0 Å². The molecule has 0 aliphatic rings. The van der Waals surface area contributed by atoms with Crippen molar-refractivity contribution in [3.05, 3.63) is 59.9 Å². The van der Waals surface area contributed by atoms with E-state index < -0.39 is 0 Å². The van der Waals surface area contributed by atoms with Crippen molar-refractivity contribution >= 4 is 11.7 Å². The van der Waals surface area contributed by atoms with Gasteiger partial charge in [-0.15, -0.1) is 0 Å². The molecular formula is C20H23N5O2. The molecule has 0 radical (unpaired) electrons. The van der Waals surface area contributed by atoms with E-state index in [-0.39, 0.29) is 11.9 Å². The van der Waals surface area contributed by atoms with Crippen molar-refractivity contribution in [3.63, 3.8) is 0 Å².